The molecular weight excluding hydrogens is 220 g/mol. The maximum Gasteiger partial charge on any atom is 0.338 e. The molecule has 0 bridgehead atoms. The normalized spacial score (nSPS) is 12.2. The Morgan fingerprint density at radius 3 is 2.71 bits per heavy atom. The van der Waals surface area contributed by atoms with Crippen molar-refractivity contribution >= 4 is 5.97 Å². The molecule has 0 aromatic heterocycles. The smallest absolute Gasteiger partial charge is 0.338 e. The van der Waals surface area contributed by atoms with Gasteiger partial charge in [0.25, 0.3) is 0 Å². The number of ether oxygens (including phenoxy) is 3. The monoisotopic (exact) mass is 238 g/mol. The summed E-state index contributed by atoms with van der Waals surface area (Å²) >= 11 is 0. The minimum atomic E-state index is -0.340. The van der Waals surface area contributed by atoms with Crippen molar-refractivity contribution in [3.63, 3.8) is 0 Å². The molecule has 0 aliphatic heterocycles. The number of rotatable bonds is 6. The van der Waals surface area contributed by atoms with E-state index in [1.807, 2.05) is 12.1 Å². The fourth-order valence-corrected chi connectivity index (χ4v) is 1.47. The van der Waals surface area contributed by atoms with Crippen molar-refractivity contribution < 1.29 is 19.0 Å². The summed E-state index contributed by atoms with van der Waals surface area (Å²) in [6.07, 6.45) is -0.251. The second-order valence-corrected chi connectivity index (χ2v) is 3.80. The highest BCUT2D eigenvalue weighted by Gasteiger charge is 2.12. The van der Waals surface area contributed by atoms with E-state index in [0.29, 0.717) is 18.8 Å². The molecule has 0 heterocycles. The molecule has 0 unspecified atom stereocenters. The number of carbonyl (C=O) groups is 1. The van der Waals surface area contributed by atoms with Gasteiger partial charge in [0.05, 0.1) is 18.8 Å². The van der Waals surface area contributed by atoms with Crippen LogP contribution >= 0.6 is 0 Å². The van der Waals surface area contributed by atoms with Crippen LogP contribution in [0.5, 0.6) is 0 Å². The lowest BCUT2D eigenvalue weighted by molar-refractivity contribution is 0.0120. The molecule has 1 atom stereocenters. The lowest BCUT2D eigenvalue weighted by Crippen LogP contribution is -2.19. The third-order valence-corrected chi connectivity index (χ3v) is 2.18. The van der Waals surface area contributed by atoms with Crippen molar-refractivity contribution in [2.24, 2.45) is 0 Å². The Bertz CT molecular complexity index is 362. The van der Waals surface area contributed by atoms with Gasteiger partial charge >= 0.3 is 5.97 Å². The zero-order valence-corrected chi connectivity index (χ0v) is 10.4. The Labute approximate surface area is 101 Å². The largest absolute Gasteiger partial charge is 0.457 e. The highest BCUT2D eigenvalue weighted by molar-refractivity contribution is 5.89. The van der Waals surface area contributed by atoms with Gasteiger partial charge in [-0.25, -0.2) is 4.79 Å². The van der Waals surface area contributed by atoms with Gasteiger partial charge in [0.2, 0.25) is 0 Å². The van der Waals surface area contributed by atoms with Gasteiger partial charge in [-0.3, -0.25) is 0 Å². The van der Waals surface area contributed by atoms with Crippen LogP contribution in [0.3, 0.4) is 0 Å². The van der Waals surface area contributed by atoms with E-state index in [9.17, 15) is 4.79 Å². The van der Waals surface area contributed by atoms with Crippen LogP contribution in [-0.2, 0) is 20.8 Å². The summed E-state index contributed by atoms with van der Waals surface area (Å²) in [6, 6.07) is 7.21. The molecule has 0 amide bonds. The van der Waals surface area contributed by atoms with Crippen molar-refractivity contribution in [2.45, 2.75) is 19.6 Å². The summed E-state index contributed by atoms with van der Waals surface area (Å²) in [4.78, 5) is 11.8. The topological polar surface area (TPSA) is 44.8 Å². The van der Waals surface area contributed by atoms with E-state index in [1.165, 1.54) is 0 Å². The number of benzene rings is 1. The van der Waals surface area contributed by atoms with Crippen LogP contribution in [0, 0.1) is 0 Å². The molecular formula is C13H18O4. The summed E-state index contributed by atoms with van der Waals surface area (Å²) in [5.41, 5.74) is 1.48. The predicted octanol–water partition coefficient (Wildman–Crippen LogP) is 2.02. The summed E-state index contributed by atoms with van der Waals surface area (Å²) in [5, 5.41) is 0. The summed E-state index contributed by atoms with van der Waals surface area (Å²) in [7, 11) is 3.19. The molecule has 0 aliphatic carbocycles. The SMILES string of the molecule is COCc1cccc(C(=O)O[C@H](C)COC)c1. The van der Waals surface area contributed by atoms with Crippen LogP contribution in [0.25, 0.3) is 0 Å². The maximum atomic E-state index is 11.8. The van der Waals surface area contributed by atoms with Gasteiger partial charge in [-0.15, -0.1) is 0 Å². The quantitative estimate of drug-likeness (QED) is 0.711. The Morgan fingerprint density at radius 1 is 1.29 bits per heavy atom. The number of hydrogen-bond donors (Lipinski definition) is 0. The molecule has 4 heteroatoms. The first kappa shape index (κ1) is 13.7. The molecule has 0 saturated heterocycles. The van der Waals surface area contributed by atoms with Gasteiger partial charge in [-0.1, -0.05) is 12.1 Å². The third kappa shape index (κ3) is 4.54. The second kappa shape index (κ2) is 7.04. The number of methoxy groups -OCH3 is 2. The fourth-order valence-electron chi connectivity index (χ4n) is 1.47. The third-order valence-electron chi connectivity index (χ3n) is 2.18. The van der Waals surface area contributed by atoms with E-state index in [-0.39, 0.29) is 12.1 Å². The van der Waals surface area contributed by atoms with E-state index in [1.54, 1.807) is 33.3 Å². The first-order valence-corrected chi connectivity index (χ1v) is 5.45. The van der Waals surface area contributed by atoms with E-state index in [2.05, 4.69) is 0 Å². The molecule has 0 fully saturated rings. The first-order chi connectivity index (χ1) is 8.17. The van der Waals surface area contributed by atoms with Crippen LogP contribution in [0.4, 0.5) is 0 Å². The van der Waals surface area contributed by atoms with Gasteiger partial charge in [0, 0.05) is 14.2 Å². The van der Waals surface area contributed by atoms with E-state index in [4.69, 9.17) is 14.2 Å². The molecule has 4 nitrogen and oxygen atoms in total. The minimum absolute atomic E-state index is 0.251. The van der Waals surface area contributed by atoms with E-state index in [0.717, 1.165) is 5.56 Å². The highest BCUT2D eigenvalue weighted by atomic mass is 16.6. The Kier molecular flexibility index (Phi) is 5.66. The van der Waals surface area contributed by atoms with Crippen molar-refractivity contribution in [3.8, 4) is 0 Å². The van der Waals surface area contributed by atoms with E-state index >= 15 is 0 Å². The van der Waals surface area contributed by atoms with Crippen molar-refractivity contribution in [2.75, 3.05) is 20.8 Å². The minimum Gasteiger partial charge on any atom is -0.457 e. The number of hydrogen-bond acceptors (Lipinski definition) is 4. The average molecular weight is 238 g/mol. The lowest BCUT2D eigenvalue weighted by atomic mass is 10.1. The summed E-state index contributed by atoms with van der Waals surface area (Å²) in [5.74, 6) is -0.340. The lowest BCUT2D eigenvalue weighted by Gasteiger charge is -2.12. The van der Waals surface area contributed by atoms with Crippen LogP contribution in [0.15, 0.2) is 24.3 Å². The average Bonchev–Trinajstić information content (AvgIpc) is 2.30. The van der Waals surface area contributed by atoms with Gasteiger partial charge < -0.3 is 14.2 Å². The van der Waals surface area contributed by atoms with Crippen molar-refractivity contribution in [3.05, 3.63) is 35.4 Å². The molecule has 1 aromatic rings. The van der Waals surface area contributed by atoms with Crippen molar-refractivity contribution in [1.29, 1.82) is 0 Å². The summed E-state index contributed by atoms with van der Waals surface area (Å²) < 4.78 is 15.1. The second-order valence-electron chi connectivity index (χ2n) is 3.80. The predicted molar refractivity (Wildman–Crippen MR) is 63.9 cm³/mol. The van der Waals surface area contributed by atoms with Gasteiger partial charge in [-0.2, -0.15) is 0 Å². The number of carbonyl (C=O) groups excluding carboxylic acids is 1. The number of esters is 1. The zero-order chi connectivity index (χ0) is 12.7. The van der Waals surface area contributed by atoms with Crippen LogP contribution < -0.4 is 0 Å². The van der Waals surface area contributed by atoms with Gasteiger partial charge in [0.15, 0.2) is 0 Å². The fraction of sp³-hybridized carbons (Fsp3) is 0.462. The molecule has 0 spiro atoms. The Balaban J connectivity index is 2.65. The van der Waals surface area contributed by atoms with Gasteiger partial charge in [0.1, 0.15) is 6.10 Å². The van der Waals surface area contributed by atoms with E-state index < -0.39 is 0 Å². The standard InChI is InChI=1S/C13H18O4/c1-10(8-15-2)17-13(14)12-6-4-5-11(7-12)9-16-3/h4-7,10H,8-9H2,1-3H3/t10-/m1/s1. The molecule has 0 saturated carbocycles. The maximum absolute atomic E-state index is 11.8. The highest BCUT2D eigenvalue weighted by Crippen LogP contribution is 2.09. The molecule has 17 heavy (non-hydrogen) atoms. The first-order valence-electron chi connectivity index (χ1n) is 5.45. The Morgan fingerprint density at radius 2 is 2.06 bits per heavy atom. The van der Waals surface area contributed by atoms with Crippen molar-refractivity contribution in [1.82, 2.24) is 0 Å². The van der Waals surface area contributed by atoms with Crippen LogP contribution in [-0.4, -0.2) is 32.9 Å². The zero-order valence-electron chi connectivity index (χ0n) is 10.4. The molecule has 0 N–H and O–H groups in total. The van der Waals surface area contributed by atoms with Crippen LogP contribution in [0.1, 0.15) is 22.8 Å². The molecule has 1 aromatic carbocycles. The molecule has 0 aliphatic rings. The summed E-state index contributed by atoms with van der Waals surface area (Å²) in [6.45, 7) is 2.67. The molecule has 1 rings (SSSR count). The Hall–Kier alpha value is -1.39. The molecule has 94 valence electrons. The van der Waals surface area contributed by atoms with Crippen LogP contribution in [0.2, 0.25) is 0 Å². The van der Waals surface area contributed by atoms with Gasteiger partial charge in [-0.05, 0) is 24.6 Å². The molecule has 0 radical (unpaired) electrons.